The molecule has 4 fully saturated rings. The molecule has 0 spiro atoms. The smallest absolute Gasteiger partial charge is 0.329 e. The summed E-state index contributed by atoms with van der Waals surface area (Å²) < 4.78 is 10.3. The molecule has 0 aromatic carbocycles. The van der Waals surface area contributed by atoms with Crippen LogP contribution in [0.25, 0.3) is 0 Å². The minimum absolute atomic E-state index is 0.127. The molecular formula is C23H32N2O5. The number of esters is 1. The molecule has 0 radical (unpaired) electrons. The number of amides is 2. The van der Waals surface area contributed by atoms with E-state index in [9.17, 15) is 14.4 Å². The standard InChI is InChI=1S/C23H32N2O5/c1-14(2)20(25-21(27)18-4-3-5-29-18)22(28)30-12-19(26)24-13-23-9-15-6-16(10-23)8-17(7-15)11-23/h3-5,14-17,20H,6-13H2,1-2H3,(H,24,26)(H,25,27)/t15?,16?,17?,20-,23?/m0/s1. The molecule has 5 rings (SSSR count). The van der Waals surface area contributed by atoms with Gasteiger partial charge in [-0.05, 0) is 79.7 Å². The topological polar surface area (TPSA) is 97.6 Å². The van der Waals surface area contributed by atoms with E-state index >= 15 is 0 Å². The number of hydrogen-bond acceptors (Lipinski definition) is 5. The molecule has 0 saturated heterocycles. The molecule has 1 aromatic heterocycles. The van der Waals surface area contributed by atoms with Crippen LogP contribution >= 0.6 is 0 Å². The average molecular weight is 417 g/mol. The highest BCUT2D eigenvalue weighted by atomic mass is 16.5. The quantitative estimate of drug-likeness (QED) is 0.635. The van der Waals surface area contributed by atoms with Gasteiger partial charge < -0.3 is 19.8 Å². The van der Waals surface area contributed by atoms with Gasteiger partial charge in [0.2, 0.25) is 0 Å². The second-order valence-electron chi connectivity index (χ2n) is 9.97. The molecule has 1 heterocycles. The van der Waals surface area contributed by atoms with Crippen LogP contribution in [0.1, 0.15) is 62.9 Å². The lowest BCUT2D eigenvalue weighted by molar-refractivity contribution is -0.151. The third-order valence-electron chi connectivity index (χ3n) is 7.12. The molecule has 30 heavy (non-hydrogen) atoms. The SMILES string of the molecule is CC(C)[C@H](NC(=O)c1ccco1)C(=O)OCC(=O)NCC12CC3CC(CC(C3)C1)C2. The number of nitrogens with one attached hydrogen (secondary N) is 2. The van der Waals surface area contributed by atoms with Crippen LogP contribution in [0.2, 0.25) is 0 Å². The van der Waals surface area contributed by atoms with E-state index in [4.69, 9.17) is 9.15 Å². The average Bonchev–Trinajstić information content (AvgIpc) is 3.22. The maximum Gasteiger partial charge on any atom is 0.329 e. The molecule has 1 aromatic rings. The molecule has 4 aliphatic carbocycles. The number of carbonyl (C=O) groups is 3. The van der Waals surface area contributed by atoms with E-state index in [0.29, 0.717) is 6.54 Å². The van der Waals surface area contributed by atoms with Crippen LogP contribution in [-0.2, 0) is 14.3 Å². The lowest BCUT2D eigenvalue weighted by Crippen LogP contribution is -2.51. The van der Waals surface area contributed by atoms with Crippen molar-refractivity contribution in [1.82, 2.24) is 10.6 Å². The van der Waals surface area contributed by atoms with Crippen LogP contribution in [0.3, 0.4) is 0 Å². The van der Waals surface area contributed by atoms with Crippen LogP contribution in [0.5, 0.6) is 0 Å². The number of carbonyl (C=O) groups excluding carboxylic acids is 3. The second kappa shape index (κ2) is 8.44. The van der Waals surface area contributed by atoms with Crippen molar-refractivity contribution in [3.8, 4) is 0 Å². The molecule has 7 heteroatoms. The molecule has 164 valence electrons. The number of furan rings is 1. The van der Waals surface area contributed by atoms with Gasteiger partial charge >= 0.3 is 5.97 Å². The first kappa shape index (κ1) is 20.9. The van der Waals surface area contributed by atoms with Crippen molar-refractivity contribution in [2.24, 2.45) is 29.1 Å². The molecule has 7 nitrogen and oxygen atoms in total. The first-order valence-electron chi connectivity index (χ1n) is 11.1. The Bertz CT molecular complexity index is 750. The third kappa shape index (κ3) is 4.55. The van der Waals surface area contributed by atoms with Crippen LogP contribution in [0.15, 0.2) is 22.8 Å². The van der Waals surface area contributed by atoms with Gasteiger partial charge in [0.15, 0.2) is 12.4 Å². The Balaban J connectivity index is 1.24. The summed E-state index contributed by atoms with van der Waals surface area (Å²) in [5.41, 5.74) is 0.242. The van der Waals surface area contributed by atoms with E-state index in [0.717, 1.165) is 17.8 Å². The van der Waals surface area contributed by atoms with E-state index in [2.05, 4.69) is 10.6 Å². The van der Waals surface area contributed by atoms with Gasteiger partial charge in [0.1, 0.15) is 6.04 Å². The zero-order valence-corrected chi connectivity index (χ0v) is 17.8. The predicted octanol–water partition coefficient (Wildman–Crippen LogP) is 2.91. The Hall–Kier alpha value is -2.31. The van der Waals surface area contributed by atoms with Gasteiger partial charge in [0.05, 0.1) is 6.26 Å². The van der Waals surface area contributed by atoms with Gasteiger partial charge in [-0.1, -0.05) is 13.8 Å². The predicted molar refractivity (Wildman–Crippen MR) is 109 cm³/mol. The van der Waals surface area contributed by atoms with Crippen molar-refractivity contribution >= 4 is 17.8 Å². The van der Waals surface area contributed by atoms with Crippen LogP contribution in [0.4, 0.5) is 0 Å². The molecule has 4 saturated carbocycles. The maximum absolute atomic E-state index is 12.5. The van der Waals surface area contributed by atoms with Crippen LogP contribution < -0.4 is 10.6 Å². The van der Waals surface area contributed by atoms with E-state index in [1.807, 2.05) is 13.8 Å². The minimum atomic E-state index is -0.849. The number of rotatable bonds is 8. The molecule has 0 unspecified atom stereocenters. The Labute approximate surface area is 177 Å². The van der Waals surface area contributed by atoms with Crippen molar-refractivity contribution in [3.05, 3.63) is 24.2 Å². The fraction of sp³-hybridized carbons (Fsp3) is 0.696. The molecular weight excluding hydrogens is 384 g/mol. The minimum Gasteiger partial charge on any atom is -0.459 e. The summed E-state index contributed by atoms with van der Waals surface area (Å²) in [7, 11) is 0. The van der Waals surface area contributed by atoms with Gasteiger partial charge in [0.25, 0.3) is 11.8 Å². The van der Waals surface area contributed by atoms with Gasteiger partial charge in [-0.15, -0.1) is 0 Å². The largest absolute Gasteiger partial charge is 0.459 e. The Morgan fingerprint density at radius 3 is 2.30 bits per heavy atom. The molecule has 2 N–H and O–H groups in total. The van der Waals surface area contributed by atoms with E-state index < -0.39 is 17.9 Å². The lowest BCUT2D eigenvalue weighted by atomic mass is 9.49. The van der Waals surface area contributed by atoms with Crippen LogP contribution in [-0.4, -0.2) is 37.0 Å². The third-order valence-corrected chi connectivity index (χ3v) is 7.12. The van der Waals surface area contributed by atoms with Gasteiger partial charge in [-0.3, -0.25) is 9.59 Å². The Kier molecular flexibility index (Phi) is 5.89. The summed E-state index contributed by atoms with van der Waals surface area (Å²) in [5.74, 6) is 1.05. The molecule has 2 amide bonds. The van der Waals surface area contributed by atoms with Crippen molar-refractivity contribution in [2.75, 3.05) is 13.2 Å². The highest BCUT2D eigenvalue weighted by molar-refractivity contribution is 5.94. The van der Waals surface area contributed by atoms with Gasteiger partial charge in [-0.25, -0.2) is 4.79 Å². The first-order chi connectivity index (χ1) is 14.3. The van der Waals surface area contributed by atoms with Gasteiger partial charge in [-0.2, -0.15) is 0 Å². The molecule has 4 aliphatic rings. The molecule has 0 aliphatic heterocycles. The number of ether oxygens (including phenoxy) is 1. The van der Waals surface area contributed by atoms with Gasteiger partial charge in [0, 0.05) is 6.54 Å². The van der Waals surface area contributed by atoms with Crippen molar-refractivity contribution in [3.63, 3.8) is 0 Å². The van der Waals surface area contributed by atoms with Crippen molar-refractivity contribution in [1.29, 1.82) is 0 Å². The first-order valence-corrected chi connectivity index (χ1v) is 11.1. The van der Waals surface area contributed by atoms with E-state index in [1.165, 1.54) is 50.9 Å². The van der Waals surface area contributed by atoms with E-state index in [-0.39, 0.29) is 29.6 Å². The Morgan fingerprint density at radius 2 is 1.77 bits per heavy atom. The highest BCUT2D eigenvalue weighted by Gasteiger charge is 2.50. The monoisotopic (exact) mass is 416 g/mol. The molecule has 4 bridgehead atoms. The maximum atomic E-state index is 12.5. The Morgan fingerprint density at radius 1 is 1.13 bits per heavy atom. The summed E-state index contributed by atoms with van der Waals surface area (Å²) in [6.45, 7) is 3.96. The zero-order valence-electron chi connectivity index (χ0n) is 17.8. The zero-order chi connectivity index (χ0) is 21.3. The summed E-state index contributed by atoms with van der Waals surface area (Å²) in [6.07, 6.45) is 9.14. The van der Waals surface area contributed by atoms with Crippen molar-refractivity contribution < 1.29 is 23.5 Å². The lowest BCUT2D eigenvalue weighted by Gasteiger charge is -2.56. The highest BCUT2D eigenvalue weighted by Crippen LogP contribution is 2.59. The van der Waals surface area contributed by atoms with Crippen LogP contribution in [0, 0.1) is 29.1 Å². The summed E-state index contributed by atoms with van der Waals surface area (Å²) in [6, 6.07) is 2.28. The van der Waals surface area contributed by atoms with E-state index in [1.54, 1.807) is 6.07 Å². The second-order valence-corrected chi connectivity index (χ2v) is 9.97. The van der Waals surface area contributed by atoms with Crippen molar-refractivity contribution in [2.45, 2.75) is 58.4 Å². The molecule has 1 atom stereocenters. The summed E-state index contributed by atoms with van der Waals surface area (Å²) in [4.78, 5) is 37.0. The number of hydrogen-bond donors (Lipinski definition) is 2. The fourth-order valence-electron chi connectivity index (χ4n) is 6.19. The summed E-state index contributed by atoms with van der Waals surface area (Å²) in [5, 5.41) is 5.63. The summed E-state index contributed by atoms with van der Waals surface area (Å²) >= 11 is 0. The normalized spacial score (nSPS) is 30.2. The fourth-order valence-corrected chi connectivity index (χ4v) is 6.19.